The van der Waals surface area contributed by atoms with Crippen molar-refractivity contribution in [3.63, 3.8) is 0 Å². The van der Waals surface area contributed by atoms with E-state index < -0.39 is 12.5 Å². The number of carbonyl (C=O) groups is 3. The summed E-state index contributed by atoms with van der Waals surface area (Å²) in [7, 11) is 3.37. The van der Waals surface area contributed by atoms with E-state index in [2.05, 4.69) is 25.9 Å². The first-order valence-electron chi connectivity index (χ1n) is 15.5. The minimum atomic E-state index is -0.574. The van der Waals surface area contributed by atoms with E-state index >= 15 is 0 Å². The first kappa shape index (κ1) is 33.4. The van der Waals surface area contributed by atoms with Gasteiger partial charge in [-0.25, -0.2) is 4.98 Å². The molecule has 12 nitrogen and oxygen atoms in total. The smallest absolute Gasteiger partial charge is 0.291 e. The maximum absolute atomic E-state index is 13.4. The summed E-state index contributed by atoms with van der Waals surface area (Å²) >= 11 is 13.9. The maximum atomic E-state index is 13.4. The van der Waals surface area contributed by atoms with Gasteiger partial charge in [0.05, 0.1) is 40.8 Å². The van der Waals surface area contributed by atoms with Gasteiger partial charge >= 0.3 is 0 Å². The fraction of sp³-hybridized carbons (Fsp3) is 0.324. The molecule has 2 aromatic heterocycles. The summed E-state index contributed by atoms with van der Waals surface area (Å²) in [6.45, 7) is 1.32. The molecule has 0 unspecified atom stereocenters. The second kappa shape index (κ2) is 14.3. The van der Waals surface area contributed by atoms with Crippen molar-refractivity contribution < 1.29 is 24.2 Å². The van der Waals surface area contributed by atoms with Crippen LogP contribution in [-0.2, 0) is 36.1 Å². The minimum Gasteiger partial charge on any atom is -0.496 e. The van der Waals surface area contributed by atoms with Crippen LogP contribution in [0.4, 0.5) is 5.69 Å². The Balaban J connectivity index is 1.21. The number of aromatic nitrogens is 3. The number of ether oxygens (including phenoxy) is 1. The van der Waals surface area contributed by atoms with E-state index in [0.29, 0.717) is 76.5 Å². The number of methoxy groups -OCH3 is 1. The number of hydrogen-bond donors (Lipinski definition) is 4. The van der Waals surface area contributed by atoms with Gasteiger partial charge in [0.15, 0.2) is 5.82 Å². The van der Waals surface area contributed by atoms with Gasteiger partial charge < -0.3 is 35.3 Å². The van der Waals surface area contributed by atoms with Crippen LogP contribution in [0.3, 0.4) is 0 Å². The van der Waals surface area contributed by atoms with E-state index in [1.54, 1.807) is 43.1 Å². The molecular formula is C34H35Cl2N7O5. The Labute approximate surface area is 287 Å². The Morgan fingerprint density at radius 1 is 1.12 bits per heavy atom. The molecule has 0 bridgehead atoms. The van der Waals surface area contributed by atoms with Crippen molar-refractivity contribution in [2.24, 2.45) is 7.05 Å². The molecule has 2 aromatic carbocycles. The molecular weight excluding hydrogens is 657 g/mol. The average molecular weight is 693 g/mol. The van der Waals surface area contributed by atoms with E-state index in [1.807, 2.05) is 24.3 Å². The number of nitrogens with one attached hydrogen (secondary N) is 3. The quantitative estimate of drug-likeness (QED) is 0.195. The van der Waals surface area contributed by atoms with Crippen LogP contribution in [0.25, 0.3) is 22.4 Å². The van der Waals surface area contributed by atoms with Crippen molar-refractivity contribution in [1.29, 1.82) is 0 Å². The molecule has 0 aliphatic carbocycles. The van der Waals surface area contributed by atoms with Gasteiger partial charge in [0, 0.05) is 79.7 Å². The molecule has 3 amide bonds. The summed E-state index contributed by atoms with van der Waals surface area (Å²) in [4.78, 5) is 47.5. The van der Waals surface area contributed by atoms with Gasteiger partial charge in [-0.3, -0.25) is 19.4 Å². The second-order valence-electron chi connectivity index (χ2n) is 11.7. The van der Waals surface area contributed by atoms with Crippen LogP contribution in [0.1, 0.15) is 40.4 Å². The lowest BCUT2D eigenvalue weighted by Crippen LogP contribution is -2.38. The highest BCUT2D eigenvalue weighted by atomic mass is 35.5. The zero-order chi connectivity index (χ0) is 33.9. The third-order valence-corrected chi connectivity index (χ3v) is 9.51. The maximum Gasteiger partial charge on any atom is 0.291 e. The number of anilines is 1. The zero-order valence-electron chi connectivity index (χ0n) is 26.5. The molecule has 4 aromatic rings. The Morgan fingerprint density at radius 3 is 2.69 bits per heavy atom. The number of rotatable bonds is 10. The number of aliphatic hydroxyl groups excluding tert-OH is 1. The zero-order valence-corrected chi connectivity index (χ0v) is 28.0. The van der Waals surface area contributed by atoms with Crippen LogP contribution < -0.4 is 20.7 Å². The van der Waals surface area contributed by atoms with Crippen LogP contribution >= 0.6 is 23.2 Å². The lowest BCUT2D eigenvalue weighted by Gasteiger charge is -2.26. The molecule has 1 atom stereocenters. The molecule has 0 spiro atoms. The highest BCUT2D eigenvalue weighted by Crippen LogP contribution is 2.41. The molecule has 14 heteroatoms. The molecule has 1 fully saturated rings. The van der Waals surface area contributed by atoms with Crippen molar-refractivity contribution in [2.75, 3.05) is 32.1 Å². The highest BCUT2D eigenvalue weighted by Gasteiger charge is 2.28. The van der Waals surface area contributed by atoms with Crippen molar-refractivity contribution in [2.45, 2.75) is 38.4 Å². The van der Waals surface area contributed by atoms with Gasteiger partial charge in [0.1, 0.15) is 12.4 Å². The Hall–Kier alpha value is -4.49. The van der Waals surface area contributed by atoms with Crippen molar-refractivity contribution in [3.05, 3.63) is 81.5 Å². The van der Waals surface area contributed by atoms with Crippen LogP contribution in [0.5, 0.6) is 5.75 Å². The molecule has 0 radical (unpaired) electrons. The Morgan fingerprint density at radius 2 is 1.94 bits per heavy atom. The first-order chi connectivity index (χ1) is 23.2. The highest BCUT2D eigenvalue weighted by molar-refractivity contribution is 6.39. The third kappa shape index (κ3) is 6.74. The van der Waals surface area contributed by atoms with Gasteiger partial charge in [-0.2, -0.15) is 0 Å². The van der Waals surface area contributed by atoms with E-state index in [-0.39, 0.29) is 30.2 Å². The summed E-state index contributed by atoms with van der Waals surface area (Å²) in [6, 6.07) is 13.0. The Kier molecular flexibility index (Phi) is 9.97. The number of benzene rings is 2. The fourth-order valence-electron chi connectivity index (χ4n) is 6.16. The predicted molar refractivity (Wildman–Crippen MR) is 182 cm³/mol. The normalized spacial score (nSPS) is 15.6. The summed E-state index contributed by atoms with van der Waals surface area (Å²) < 4.78 is 7.41. The molecule has 4 N–H and O–H groups in total. The largest absolute Gasteiger partial charge is 0.496 e. The standard InChI is InChI=1S/C34H35Cl2N7O5/c1-42-26-11-13-43(29(46)18-44)17-25(26)40-33(42)34(47)41-24-5-3-4-22(30(24)35)23-10-12-38-32(31(23)36)19-6-7-20(27(14-19)48-2)15-37-16-21-8-9-28(45)39-21/h3-7,10,12,14,21,37,44H,8-9,11,13,15-18H2,1-2H3,(H,39,45)(H,41,47)/t21-/m0/s1. The molecule has 2 aliphatic heterocycles. The number of amides is 3. The van der Waals surface area contributed by atoms with Gasteiger partial charge in [-0.05, 0) is 24.6 Å². The lowest BCUT2D eigenvalue weighted by atomic mass is 10.0. The van der Waals surface area contributed by atoms with Gasteiger partial charge in [-0.1, -0.05) is 47.5 Å². The number of aliphatic hydroxyl groups is 1. The molecule has 2 aliphatic rings. The summed E-state index contributed by atoms with van der Waals surface area (Å²) in [5, 5.41) is 19.1. The second-order valence-corrected chi connectivity index (χ2v) is 12.5. The summed E-state index contributed by atoms with van der Waals surface area (Å²) in [5.74, 6) is 0.105. The van der Waals surface area contributed by atoms with Gasteiger partial charge in [0.2, 0.25) is 11.8 Å². The van der Waals surface area contributed by atoms with E-state index in [4.69, 9.17) is 27.9 Å². The molecule has 48 heavy (non-hydrogen) atoms. The Bertz CT molecular complexity index is 1900. The SMILES string of the molecule is COc1cc(-c2nccc(-c3cccc(NC(=O)c4nc5c(n4C)CCN(C(=O)CO)C5)c3Cl)c2Cl)ccc1CNC[C@@H]1CCC(=O)N1. The topological polar surface area (TPSA) is 151 Å². The molecule has 4 heterocycles. The molecule has 0 saturated carbocycles. The van der Waals surface area contributed by atoms with Crippen LogP contribution in [0.15, 0.2) is 48.7 Å². The van der Waals surface area contributed by atoms with E-state index in [9.17, 15) is 19.5 Å². The number of pyridine rings is 1. The van der Waals surface area contributed by atoms with Crippen LogP contribution in [0.2, 0.25) is 10.0 Å². The minimum absolute atomic E-state index is 0.0868. The number of carbonyl (C=O) groups excluding carboxylic acids is 3. The van der Waals surface area contributed by atoms with Gasteiger partial charge in [0.25, 0.3) is 5.91 Å². The summed E-state index contributed by atoms with van der Waals surface area (Å²) in [5.41, 5.74) is 5.34. The van der Waals surface area contributed by atoms with Crippen molar-refractivity contribution in [3.8, 4) is 28.1 Å². The monoisotopic (exact) mass is 691 g/mol. The summed E-state index contributed by atoms with van der Waals surface area (Å²) in [6.07, 6.45) is 3.55. The predicted octanol–water partition coefficient (Wildman–Crippen LogP) is 3.96. The van der Waals surface area contributed by atoms with Crippen molar-refractivity contribution >= 4 is 46.6 Å². The third-order valence-electron chi connectivity index (χ3n) is 8.72. The first-order valence-corrected chi connectivity index (χ1v) is 16.3. The molecule has 250 valence electrons. The van der Waals surface area contributed by atoms with Crippen LogP contribution in [0, 0.1) is 0 Å². The van der Waals surface area contributed by atoms with E-state index in [0.717, 1.165) is 23.2 Å². The fourth-order valence-corrected chi connectivity index (χ4v) is 6.76. The number of fused-ring (bicyclic) bond motifs is 1. The average Bonchev–Trinajstić information content (AvgIpc) is 3.67. The van der Waals surface area contributed by atoms with Crippen LogP contribution in [-0.4, -0.2) is 75.1 Å². The molecule has 1 saturated heterocycles. The number of imidazole rings is 1. The van der Waals surface area contributed by atoms with E-state index in [1.165, 1.54) is 4.90 Å². The van der Waals surface area contributed by atoms with Gasteiger partial charge in [-0.15, -0.1) is 0 Å². The number of nitrogens with zero attached hydrogens (tertiary/aromatic N) is 4. The molecule has 6 rings (SSSR count). The number of hydrogen-bond acceptors (Lipinski definition) is 8. The lowest BCUT2D eigenvalue weighted by molar-refractivity contribution is -0.135. The number of halogens is 2. The van der Waals surface area contributed by atoms with Crippen molar-refractivity contribution in [1.82, 2.24) is 30.1 Å².